The summed E-state index contributed by atoms with van der Waals surface area (Å²) in [5.41, 5.74) is 0.878. The van der Waals surface area contributed by atoms with E-state index in [1.165, 1.54) is 0 Å². The van der Waals surface area contributed by atoms with Crippen molar-refractivity contribution < 1.29 is 4.52 Å². The van der Waals surface area contributed by atoms with Crippen LogP contribution < -0.4 is 5.32 Å². The van der Waals surface area contributed by atoms with Gasteiger partial charge < -0.3 is 9.84 Å². The third-order valence-electron chi connectivity index (χ3n) is 2.01. The molecule has 0 saturated heterocycles. The second kappa shape index (κ2) is 4.22. The fraction of sp³-hybridized carbons (Fsp3) is 0.444. The molecule has 6 nitrogen and oxygen atoms in total. The van der Waals surface area contributed by atoms with Gasteiger partial charge in [0.2, 0.25) is 11.7 Å². The number of aryl methyl sites for hydroxylation is 1. The predicted octanol–water partition coefficient (Wildman–Crippen LogP) is 0.672. The van der Waals surface area contributed by atoms with Crippen LogP contribution in [0.1, 0.15) is 12.8 Å². The lowest BCUT2D eigenvalue weighted by Gasteiger charge is -1.89. The predicted molar refractivity (Wildman–Crippen MR) is 54.0 cm³/mol. The Morgan fingerprint density at radius 2 is 2.40 bits per heavy atom. The van der Waals surface area contributed by atoms with Crippen LogP contribution in [-0.2, 0) is 13.1 Å². The van der Waals surface area contributed by atoms with Gasteiger partial charge in [0.1, 0.15) is 0 Å². The molecule has 6 heteroatoms. The van der Waals surface area contributed by atoms with Gasteiger partial charge in [-0.15, -0.1) is 0 Å². The van der Waals surface area contributed by atoms with Crippen LogP contribution in [0.25, 0.3) is 11.4 Å². The first-order valence-corrected chi connectivity index (χ1v) is 4.83. The van der Waals surface area contributed by atoms with Gasteiger partial charge in [-0.1, -0.05) is 5.16 Å². The lowest BCUT2D eigenvalue weighted by Crippen LogP contribution is -2.04. The van der Waals surface area contributed by atoms with Crippen LogP contribution in [0.4, 0.5) is 0 Å². The Labute approximate surface area is 87.3 Å². The van der Waals surface area contributed by atoms with E-state index in [0.29, 0.717) is 18.3 Å². The average molecular weight is 207 g/mol. The number of rotatable bonds is 4. The number of nitrogens with zero attached hydrogens (tertiary/aromatic N) is 4. The van der Waals surface area contributed by atoms with Crippen molar-refractivity contribution in [1.82, 2.24) is 25.2 Å². The van der Waals surface area contributed by atoms with Gasteiger partial charge in [0, 0.05) is 12.7 Å². The molecule has 2 heterocycles. The molecule has 0 saturated carbocycles. The van der Waals surface area contributed by atoms with Crippen molar-refractivity contribution in [2.45, 2.75) is 20.0 Å². The maximum atomic E-state index is 5.04. The fourth-order valence-corrected chi connectivity index (χ4v) is 1.25. The lowest BCUT2D eigenvalue weighted by molar-refractivity contribution is 0.372. The quantitative estimate of drug-likeness (QED) is 0.798. The number of hydrogen-bond acceptors (Lipinski definition) is 5. The number of hydrogen-bond donors (Lipinski definition) is 1. The Morgan fingerprint density at radius 3 is 3.07 bits per heavy atom. The molecule has 0 aliphatic rings. The summed E-state index contributed by atoms with van der Waals surface area (Å²) in [6.07, 6.45) is 3.63. The van der Waals surface area contributed by atoms with Crippen LogP contribution >= 0.6 is 0 Å². The zero-order chi connectivity index (χ0) is 10.7. The van der Waals surface area contributed by atoms with Crippen LogP contribution in [0.15, 0.2) is 16.9 Å². The highest BCUT2D eigenvalue weighted by Crippen LogP contribution is 2.14. The Morgan fingerprint density at radius 1 is 1.53 bits per heavy atom. The van der Waals surface area contributed by atoms with E-state index >= 15 is 0 Å². The molecule has 0 spiro atoms. The van der Waals surface area contributed by atoms with E-state index in [-0.39, 0.29) is 0 Å². The maximum absolute atomic E-state index is 5.04. The summed E-state index contributed by atoms with van der Waals surface area (Å²) in [7, 11) is 1.83. The van der Waals surface area contributed by atoms with Crippen molar-refractivity contribution >= 4 is 0 Å². The molecule has 0 radical (unpaired) electrons. The first-order valence-electron chi connectivity index (χ1n) is 4.83. The highest BCUT2D eigenvalue weighted by Gasteiger charge is 2.09. The molecular weight excluding hydrogens is 194 g/mol. The highest BCUT2D eigenvalue weighted by molar-refractivity contribution is 5.50. The summed E-state index contributed by atoms with van der Waals surface area (Å²) in [6, 6.07) is 0. The molecule has 15 heavy (non-hydrogen) atoms. The highest BCUT2D eigenvalue weighted by atomic mass is 16.5. The molecule has 0 atom stereocenters. The average Bonchev–Trinajstić information content (AvgIpc) is 2.85. The lowest BCUT2D eigenvalue weighted by atomic mass is 10.3. The molecule has 0 aliphatic heterocycles. The van der Waals surface area contributed by atoms with Crippen molar-refractivity contribution in [3.63, 3.8) is 0 Å². The van der Waals surface area contributed by atoms with Gasteiger partial charge >= 0.3 is 0 Å². The molecule has 2 aromatic rings. The molecule has 0 aliphatic carbocycles. The number of aromatic nitrogens is 4. The van der Waals surface area contributed by atoms with Crippen LogP contribution in [0, 0.1) is 0 Å². The molecule has 80 valence electrons. The molecule has 1 N–H and O–H groups in total. The summed E-state index contributed by atoms with van der Waals surface area (Å²) in [4.78, 5) is 4.22. The van der Waals surface area contributed by atoms with Crippen molar-refractivity contribution in [2.24, 2.45) is 0 Å². The molecule has 0 unspecified atom stereocenters. The van der Waals surface area contributed by atoms with Gasteiger partial charge in [-0.25, -0.2) is 0 Å². The topological polar surface area (TPSA) is 68.8 Å². The van der Waals surface area contributed by atoms with Crippen molar-refractivity contribution in [2.75, 3.05) is 7.05 Å². The first kappa shape index (κ1) is 9.85. The normalized spacial score (nSPS) is 10.8. The SMILES string of the molecule is CCn1cc(-c2noc(CNC)n2)cn1. The minimum absolute atomic E-state index is 0.578. The summed E-state index contributed by atoms with van der Waals surface area (Å²) in [5.74, 6) is 1.16. The van der Waals surface area contributed by atoms with E-state index in [9.17, 15) is 0 Å². The smallest absolute Gasteiger partial charge is 0.240 e. The van der Waals surface area contributed by atoms with Gasteiger partial charge in [0.15, 0.2) is 0 Å². The second-order valence-corrected chi connectivity index (χ2v) is 3.13. The third kappa shape index (κ3) is 2.04. The summed E-state index contributed by atoms with van der Waals surface area (Å²) >= 11 is 0. The molecular formula is C9H13N5O. The standard InChI is InChI=1S/C9H13N5O/c1-3-14-6-7(4-11-14)9-12-8(5-10-2)15-13-9/h4,6,10H,3,5H2,1-2H3. The number of nitrogens with one attached hydrogen (secondary N) is 1. The van der Waals surface area contributed by atoms with Gasteiger partial charge in [-0.05, 0) is 14.0 Å². The van der Waals surface area contributed by atoms with E-state index in [4.69, 9.17) is 4.52 Å². The van der Waals surface area contributed by atoms with Crippen LogP contribution in [0.5, 0.6) is 0 Å². The molecule has 2 rings (SSSR count). The Balaban J connectivity index is 2.21. The molecule has 2 aromatic heterocycles. The second-order valence-electron chi connectivity index (χ2n) is 3.13. The summed E-state index contributed by atoms with van der Waals surface area (Å²) in [5, 5.41) is 11.0. The van der Waals surface area contributed by atoms with Gasteiger partial charge in [0.25, 0.3) is 0 Å². The Bertz CT molecular complexity index is 433. The Kier molecular flexibility index (Phi) is 2.77. The minimum Gasteiger partial charge on any atom is -0.338 e. The van der Waals surface area contributed by atoms with E-state index in [1.54, 1.807) is 6.20 Å². The third-order valence-corrected chi connectivity index (χ3v) is 2.01. The first-order chi connectivity index (χ1) is 7.33. The van der Waals surface area contributed by atoms with E-state index in [0.717, 1.165) is 12.1 Å². The van der Waals surface area contributed by atoms with Gasteiger partial charge in [-0.2, -0.15) is 10.1 Å². The summed E-state index contributed by atoms with van der Waals surface area (Å²) in [6.45, 7) is 3.44. The Hall–Kier alpha value is -1.69. The van der Waals surface area contributed by atoms with E-state index in [2.05, 4.69) is 20.6 Å². The van der Waals surface area contributed by atoms with Gasteiger partial charge in [0.05, 0.1) is 18.3 Å². The van der Waals surface area contributed by atoms with Crippen molar-refractivity contribution in [1.29, 1.82) is 0 Å². The van der Waals surface area contributed by atoms with Crippen molar-refractivity contribution in [3.8, 4) is 11.4 Å². The van der Waals surface area contributed by atoms with E-state index in [1.807, 2.05) is 24.9 Å². The van der Waals surface area contributed by atoms with Crippen LogP contribution in [0.2, 0.25) is 0 Å². The molecule has 0 amide bonds. The minimum atomic E-state index is 0.578. The molecule has 0 fully saturated rings. The molecule has 0 aromatic carbocycles. The van der Waals surface area contributed by atoms with E-state index < -0.39 is 0 Å². The zero-order valence-corrected chi connectivity index (χ0v) is 8.77. The fourth-order valence-electron chi connectivity index (χ4n) is 1.25. The monoisotopic (exact) mass is 207 g/mol. The van der Waals surface area contributed by atoms with Gasteiger partial charge in [-0.3, -0.25) is 4.68 Å². The largest absolute Gasteiger partial charge is 0.338 e. The summed E-state index contributed by atoms with van der Waals surface area (Å²) < 4.78 is 6.86. The van der Waals surface area contributed by atoms with Crippen molar-refractivity contribution in [3.05, 3.63) is 18.3 Å². The maximum Gasteiger partial charge on any atom is 0.240 e. The zero-order valence-electron chi connectivity index (χ0n) is 8.77. The van der Waals surface area contributed by atoms with Crippen LogP contribution in [0.3, 0.4) is 0 Å². The van der Waals surface area contributed by atoms with Crippen LogP contribution in [-0.4, -0.2) is 27.0 Å². The molecule has 0 bridgehead atoms.